The molecular weight excluding hydrogens is 593 g/mol. The van der Waals surface area contributed by atoms with Gasteiger partial charge in [0, 0.05) is 51.1 Å². The lowest BCUT2D eigenvalue weighted by atomic mass is 9.88. The zero-order chi connectivity index (χ0) is 31.1. The molecule has 4 rings (SSSR count). The zero-order valence-electron chi connectivity index (χ0n) is 23.1. The number of carbonyl (C=O) groups excluding carboxylic acids is 1. The van der Waals surface area contributed by atoms with Crippen LogP contribution >= 0.6 is 11.6 Å². The fourth-order valence-electron chi connectivity index (χ4n) is 4.24. The fourth-order valence-corrected chi connectivity index (χ4v) is 4.52. The molecule has 0 aliphatic heterocycles. The smallest absolute Gasteiger partial charge is 0.393 e. The molecule has 13 heteroatoms. The number of pyridine rings is 1. The van der Waals surface area contributed by atoms with Gasteiger partial charge in [-0.2, -0.15) is 17.6 Å². The van der Waals surface area contributed by atoms with E-state index in [0.717, 1.165) is 12.1 Å². The van der Waals surface area contributed by atoms with Crippen LogP contribution in [0.2, 0.25) is 5.02 Å². The second-order valence-corrected chi connectivity index (χ2v) is 10.0. The van der Waals surface area contributed by atoms with Gasteiger partial charge >= 0.3 is 6.18 Å². The Kier molecular flexibility index (Phi) is 10.1. The predicted octanol–water partition coefficient (Wildman–Crippen LogP) is 6.41. The first kappa shape index (κ1) is 31.6. The van der Waals surface area contributed by atoms with Crippen molar-refractivity contribution >= 4 is 39.6 Å². The number of hydrogen-bond donors (Lipinski definition) is 2. The number of ether oxygens (including phenoxy) is 1. The van der Waals surface area contributed by atoms with E-state index in [-0.39, 0.29) is 56.6 Å². The van der Waals surface area contributed by atoms with E-state index in [1.54, 1.807) is 20.2 Å². The maximum Gasteiger partial charge on any atom is 0.393 e. The summed E-state index contributed by atoms with van der Waals surface area (Å²) in [6, 6.07) is 10.6. The number of aromatic amines is 1. The van der Waals surface area contributed by atoms with Crippen molar-refractivity contribution in [2.24, 2.45) is 0 Å². The summed E-state index contributed by atoms with van der Waals surface area (Å²) in [4.78, 5) is 17.3. The highest BCUT2D eigenvalue weighted by Crippen LogP contribution is 2.42. The van der Waals surface area contributed by atoms with Gasteiger partial charge in [0.15, 0.2) is 0 Å². The quantitative estimate of drug-likeness (QED) is 0.0877. The Bertz CT molecular complexity index is 1650. The first-order chi connectivity index (χ1) is 20.4. The van der Waals surface area contributed by atoms with E-state index in [1.807, 2.05) is 0 Å². The molecule has 0 atom stereocenters. The van der Waals surface area contributed by atoms with Crippen molar-refractivity contribution in [1.82, 2.24) is 25.4 Å². The van der Waals surface area contributed by atoms with Crippen molar-refractivity contribution < 1.29 is 31.5 Å². The largest absolute Gasteiger partial charge is 0.476 e. The summed E-state index contributed by atoms with van der Waals surface area (Å²) in [5.41, 5.74) is 0.662. The van der Waals surface area contributed by atoms with Gasteiger partial charge in [-0.15, -0.1) is 5.10 Å². The van der Waals surface area contributed by atoms with Crippen LogP contribution in [-0.2, 0) is 4.79 Å². The summed E-state index contributed by atoms with van der Waals surface area (Å²) in [6.45, 7) is 1.11. The number of likely N-dealkylation sites (N-methyl/N-ethyl adjacent to an activating group) is 1. The number of halogens is 6. The van der Waals surface area contributed by atoms with E-state index in [1.165, 1.54) is 53.6 Å². The van der Waals surface area contributed by atoms with E-state index in [0.29, 0.717) is 18.6 Å². The van der Waals surface area contributed by atoms with Gasteiger partial charge in [0.05, 0.1) is 22.3 Å². The SMILES string of the molecule is CN(C)C(=O)/C=C/CNCCOc1ccc(/C(=C(/CC(F)(F)F)c2ccc(F)cc2Cl)c2ccc3[nH]nc(F)c3c2)cn1. The lowest BCUT2D eigenvalue weighted by molar-refractivity contribution is -0.124. The number of hydrogen-bond acceptors (Lipinski definition) is 5. The highest BCUT2D eigenvalue weighted by atomic mass is 35.5. The Balaban J connectivity index is 1.67. The third-order valence-electron chi connectivity index (χ3n) is 6.26. The third kappa shape index (κ3) is 8.39. The molecule has 0 saturated heterocycles. The number of fused-ring (bicyclic) bond motifs is 1. The van der Waals surface area contributed by atoms with E-state index < -0.39 is 24.4 Å². The van der Waals surface area contributed by atoms with Crippen molar-refractivity contribution in [3.63, 3.8) is 0 Å². The van der Waals surface area contributed by atoms with E-state index in [4.69, 9.17) is 16.3 Å². The van der Waals surface area contributed by atoms with Crippen molar-refractivity contribution in [1.29, 1.82) is 0 Å². The second-order valence-electron chi connectivity index (χ2n) is 9.62. The lowest BCUT2D eigenvalue weighted by Gasteiger charge is -2.20. The van der Waals surface area contributed by atoms with Gasteiger partial charge in [-0.3, -0.25) is 9.89 Å². The number of nitrogens with zero attached hydrogens (tertiary/aromatic N) is 3. The summed E-state index contributed by atoms with van der Waals surface area (Å²) >= 11 is 6.25. The van der Waals surface area contributed by atoms with Gasteiger partial charge in [0.2, 0.25) is 17.7 Å². The minimum absolute atomic E-state index is 0.0316. The second kappa shape index (κ2) is 13.8. The molecule has 2 aromatic carbocycles. The molecule has 0 aliphatic carbocycles. The van der Waals surface area contributed by atoms with Gasteiger partial charge in [0.1, 0.15) is 12.4 Å². The Morgan fingerprint density at radius 2 is 1.86 bits per heavy atom. The molecule has 7 nitrogen and oxygen atoms in total. The van der Waals surface area contributed by atoms with Crippen molar-refractivity contribution in [3.8, 4) is 5.88 Å². The molecule has 226 valence electrons. The van der Waals surface area contributed by atoms with Crippen LogP contribution in [0.4, 0.5) is 22.0 Å². The Morgan fingerprint density at radius 1 is 1.09 bits per heavy atom. The minimum atomic E-state index is -4.66. The minimum Gasteiger partial charge on any atom is -0.476 e. The van der Waals surface area contributed by atoms with Crippen molar-refractivity contribution in [2.45, 2.75) is 12.6 Å². The molecule has 0 unspecified atom stereocenters. The number of nitrogens with one attached hydrogen (secondary N) is 2. The third-order valence-corrected chi connectivity index (χ3v) is 6.57. The molecule has 0 bridgehead atoms. The van der Waals surface area contributed by atoms with Gasteiger partial charge in [-0.25, -0.2) is 9.37 Å². The number of amides is 1. The Morgan fingerprint density at radius 3 is 2.53 bits per heavy atom. The van der Waals surface area contributed by atoms with Crippen molar-refractivity contribution in [2.75, 3.05) is 33.8 Å². The van der Waals surface area contributed by atoms with Crippen molar-refractivity contribution in [3.05, 3.63) is 100 Å². The molecular formula is C30H27ClF5N5O2. The normalized spacial score (nSPS) is 12.6. The first-order valence-corrected chi connectivity index (χ1v) is 13.4. The van der Waals surface area contributed by atoms with Crippen LogP contribution in [0.3, 0.4) is 0 Å². The number of rotatable bonds is 11. The molecule has 0 fully saturated rings. The maximum atomic E-state index is 14.4. The summed E-state index contributed by atoms with van der Waals surface area (Å²) < 4.78 is 75.7. The summed E-state index contributed by atoms with van der Waals surface area (Å²) in [7, 11) is 3.30. The maximum absolute atomic E-state index is 14.4. The number of carbonyl (C=O) groups is 1. The predicted molar refractivity (Wildman–Crippen MR) is 154 cm³/mol. The molecule has 2 N–H and O–H groups in total. The summed E-state index contributed by atoms with van der Waals surface area (Å²) in [5, 5.41) is 8.99. The highest BCUT2D eigenvalue weighted by Gasteiger charge is 2.32. The van der Waals surface area contributed by atoms with Crippen LogP contribution in [0, 0.1) is 11.8 Å². The van der Waals surface area contributed by atoms with Crippen LogP contribution in [-0.4, -0.2) is 66.0 Å². The number of H-pyrrole nitrogens is 1. The standard InChI is InChI=1S/C30H27ClF5N5O2/c1-41(2)27(42)4-3-11-37-12-13-43-26-10-6-19(17-38-26)28(18-5-9-25-22(14-18)29(33)40-39-25)23(16-30(34,35)36)21-8-7-20(32)15-24(21)31/h3-10,14-15,17,37H,11-13,16H2,1-2H3,(H,39,40)/b4-3+,28-23-. The molecule has 43 heavy (non-hydrogen) atoms. The van der Waals surface area contributed by atoms with E-state index in [9.17, 15) is 26.7 Å². The number of allylic oxidation sites excluding steroid dienone is 1. The van der Waals surface area contributed by atoms with Gasteiger partial charge in [-0.1, -0.05) is 29.8 Å². The Hall–Kier alpha value is -4.29. The van der Waals surface area contributed by atoms with Crippen LogP contribution in [0.25, 0.3) is 22.0 Å². The summed E-state index contributed by atoms with van der Waals surface area (Å²) in [5.74, 6) is -1.44. The molecule has 0 spiro atoms. The molecule has 2 heterocycles. The molecule has 1 amide bonds. The van der Waals surface area contributed by atoms with Crippen LogP contribution in [0.5, 0.6) is 5.88 Å². The van der Waals surface area contributed by atoms with Gasteiger partial charge in [-0.05, 0) is 52.6 Å². The zero-order valence-corrected chi connectivity index (χ0v) is 23.9. The van der Waals surface area contributed by atoms with Crippen LogP contribution < -0.4 is 10.1 Å². The molecule has 0 saturated carbocycles. The molecule has 0 aliphatic rings. The number of aromatic nitrogens is 3. The molecule has 0 radical (unpaired) electrons. The Labute approximate surface area is 249 Å². The lowest BCUT2D eigenvalue weighted by Crippen LogP contribution is -2.22. The van der Waals surface area contributed by atoms with Crippen LogP contribution in [0.15, 0.2) is 66.9 Å². The first-order valence-electron chi connectivity index (χ1n) is 13.0. The van der Waals surface area contributed by atoms with Crippen LogP contribution in [0.1, 0.15) is 23.1 Å². The van der Waals surface area contributed by atoms with Gasteiger partial charge < -0.3 is 15.0 Å². The van der Waals surface area contributed by atoms with Gasteiger partial charge in [0.25, 0.3) is 0 Å². The topological polar surface area (TPSA) is 83.1 Å². The fraction of sp³-hybridized carbons (Fsp3) is 0.233. The number of benzene rings is 2. The average Bonchev–Trinajstić information content (AvgIpc) is 3.32. The monoisotopic (exact) mass is 619 g/mol. The van der Waals surface area contributed by atoms with E-state index >= 15 is 0 Å². The molecule has 2 aromatic heterocycles. The highest BCUT2D eigenvalue weighted by molar-refractivity contribution is 6.32. The molecule has 4 aromatic rings. The number of alkyl halides is 3. The average molecular weight is 620 g/mol. The van der Waals surface area contributed by atoms with E-state index in [2.05, 4.69) is 20.5 Å². The summed E-state index contributed by atoms with van der Waals surface area (Å²) in [6.07, 6.45) is -1.59.